The lowest BCUT2D eigenvalue weighted by atomic mass is 9.43. The highest BCUT2D eigenvalue weighted by atomic mass is 127. The predicted molar refractivity (Wildman–Crippen MR) is 153 cm³/mol. The molecule has 3 saturated carbocycles. The normalized spacial score (nSPS) is 29.1. The van der Waals surface area contributed by atoms with Crippen LogP contribution in [0.1, 0.15) is 53.9 Å². The zero-order valence-electron chi connectivity index (χ0n) is 22.3. The summed E-state index contributed by atoms with van der Waals surface area (Å²) in [6.07, 6.45) is 2.95. The first kappa shape index (κ1) is 29.2. The number of urea groups is 1. The number of hydrogen-bond donors (Lipinski definition) is 4. The molecule has 3 amide bonds. The molecular formula is C26H42BIN4O4. The first-order valence-corrected chi connectivity index (χ1v) is 15.0. The number of carbonyl (C=O) groups is 2. The summed E-state index contributed by atoms with van der Waals surface area (Å²) < 4.78 is 13.0. The number of para-hydroxylation sites is 1. The minimum absolute atomic E-state index is 0.0174. The van der Waals surface area contributed by atoms with Crippen LogP contribution in [0, 0.1) is 23.2 Å². The highest BCUT2D eigenvalue weighted by molar-refractivity contribution is 14.1. The summed E-state index contributed by atoms with van der Waals surface area (Å²) in [6, 6.07) is 7.81. The lowest BCUT2D eigenvalue weighted by molar-refractivity contribution is -0.199. The molecule has 4 aliphatic rings. The molecule has 8 nitrogen and oxygen atoms in total. The molecule has 0 unspecified atom stereocenters. The summed E-state index contributed by atoms with van der Waals surface area (Å²) in [5.74, 6) is 0.822. The summed E-state index contributed by atoms with van der Waals surface area (Å²) in [4.78, 5) is 27.0. The third-order valence-corrected chi connectivity index (χ3v) is 8.20. The van der Waals surface area contributed by atoms with Crippen LogP contribution < -0.4 is 21.7 Å². The largest absolute Gasteiger partial charge is 0.481 e. The fourth-order valence-corrected chi connectivity index (χ4v) is 6.10. The van der Waals surface area contributed by atoms with Gasteiger partial charge in [-0.2, -0.15) is 0 Å². The Morgan fingerprint density at radius 2 is 1.83 bits per heavy atom. The maximum Gasteiger partial charge on any atom is 0.481 e. The molecule has 0 radical (unpaired) electrons. The molecule has 1 aromatic carbocycles. The minimum atomic E-state index is -0.887. The summed E-state index contributed by atoms with van der Waals surface area (Å²) in [5, 5.41) is 8.44. The molecule has 1 aromatic rings. The van der Waals surface area contributed by atoms with E-state index in [0.29, 0.717) is 29.9 Å². The Morgan fingerprint density at radius 3 is 2.44 bits per heavy atom. The fraction of sp³-hybridized carbons (Fsp3) is 0.692. The highest BCUT2D eigenvalue weighted by Gasteiger charge is 2.68. The van der Waals surface area contributed by atoms with E-state index in [1.165, 1.54) is 6.42 Å². The molecular weight excluding hydrogens is 570 g/mol. The highest BCUT2D eigenvalue weighted by Crippen LogP contribution is 2.65. The Bertz CT molecular complexity index is 905. The second-order valence-corrected chi connectivity index (χ2v) is 11.4. The molecule has 6 atom stereocenters. The number of nitrogens with two attached hydrogens (primary N) is 1. The lowest BCUT2D eigenvalue weighted by Crippen LogP contribution is -2.65. The van der Waals surface area contributed by atoms with E-state index in [1.54, 1.807) is 12.1 Å². The van der Waals surface area contributed by atoms with Crippen molar-refractivity contribution in [1.29, 1.82) is 0 Å². The van der Waals surface area contributed by atoms with Crippen LogP contribution in [0.25, 0.3) is 0 Å². The van der Waals surface area contributed by atoms with Crippen molar-refractivity contribution in [2.24, 2.45) is 28.9 Å². The van der Waals surface area contributed by atoms with E-state index in [2.05, 4.69) is 73.2 Å². The number of benzene rings is 1. The first-order valence-electron chi connectivity index (χ1n) is 12.9. The van der Waals surface area contributed by atoms with Crippen molar-refractivity contribution in [2.75, 3.05) is 16.8 Å². The van der Waals surface area contributed by atoms with Crippen LogP contribution in [0.15, 0.2) is 30.3 Å². The quantitative estimate of drug-likeness (QED) is 0.202. The van der Waals surface area contributed by atoms with Crippen LogP contribution >= 0.6 is 22.6 Å². The smallest absolute Gasteiger partial charge is 0.404 e. The van der Waals surface area contributed by atoms with Gasteiger partial charge in [-0.15, -0.1) is 0 Å². The number of carbonyl (C=O) groups excluding carboxylic acids is 2. The molecule has 10 heteroatoms. The molecule has 36 heavy (non-hydrogen) atoms. The number of hydrogen-bond acceptors (Lipinski definition) is 5. The third-order valence-electron chi connectivity index (χ3n) is 8.20. The zero-order valence-corrected chi connectivity index (χ0v) is 24.5. The summed E-state index contributed by atoms with van der Waals surface area (Å²) in [7, 11) is -0.502. The van der Waals surface area contributed by atoms with Gasteiger partial charge in [-0.05, 0) is 66.4 Å². The average Bonchev–Trinajstić information content (AvgIpc) is 3.20. The van der Waals surface area contributed by atoms with Crippen molar-refractivity contribution < 1.29 is 18.9 Å². The van der Waals surface area contributed by atoms with Crippen molar-refractivity contribution in [3.63, 3.8) is 0 Å². The molecule has 0 aromatic heterocycles. The van der Waals surface area contributed by atoms with E-state index in [1.807, 2.05) is 23.1 Å². The van der Waals surface area contributed by atoms with Crippen LogP contribution in [-0.2, 0) is 14.1 Å². The molecule has 5 rings (SSSR count). The maximum absolute atomic E-state index is 12.9. The predicted octanol–water partition coefficient (Wildman–Crippen LogP) is 3.99. The number of alkyl halides is 1. The van der Waals surface area contributed by atoms with Crippen LogP contribution in [0.4, 0.5) is 10.5 Å². The van der Waals surface area contributed by atoms with Gasteiger partial charge in [0.05, 0.1) is 17.6 Å². The average molecular weight is 612 g/mol. The van der Waals surface area contributed by atoms with E-state index < -0.39 is 19.2 Å². The molecule has 2 bridgehead atoms. The van der Waals surface area contributed by atoms with E-state index in [-0.39, 0.29) is 35.5 Å². The van der Waals surface area contributed by atoms with E-state index in [9.17, 15) is 9.59 Å². The zero-order chi connectivity index (χ0) is 26.7. The van der Waals surface area contributed by atoms with Gasteiger partial charge in [-0.1, -0.05) is 68.5 Å². The SMILES string of the molecule is CC(C)C[C@H](NC(=O)[C@@H](N)CNC(=O)Nc1ccccc1)B1O[C@@H]2C[C@@H]3C[C@@H](C3(C)C)[C@]2(C)O1.CI. The third kappa shape index (κ3) is 6.19. The minimum Gasteiger partial charge on any atom is -0.404 e. The molecule has 5 N–H and O–H groups in total. The second-order valence-electron chi connectivity index (χ2n) is 11.4. The molecule has 200 valence electrons. The Labute approximate surface area is 229 Å². The standard InChI is InChI=1S/C25H39BN4O4.CH3I/c1-15(2)11-21(26-33-20-13-16-12-19(24(16,3)4)25(20,5)34-26)30-22(31)18(27)14-28-23(32)29-17-9-7-6-8-10-17;1-2/h6-10,15-16,18-21H,11-14,27H2,1-5H3,(H,30,31)(H2,28,29,32);1H3/t16-,18-,19-,20+,21-,25-;/m0./s1. The molecule has 1 aliphatic heterocycles. The van der Waals surface area contributed by atoms with Gasteiger partial charge in [0.25, 0.3) is 0 Å². The Hall–Kier alpha value is -1.37. The maximum atomic E-state index is 12.9. The van der Waals surface area contributed by atoms with Gasteiger partial charge in [0.15, 0.2) is 0 Å². The van der Waals surface area contributed by atoms with Crippen molar-refractivity contribution >= 4 is 47.3 Å². The van der Waals surface area contributed by atoms with Crippen molar-refractivity contribution in [1.82, 2.24) is 10.6 Å². The van der Waals surface area contributed by atoms with Gasteiger partial charge in [0, 0.05) is 12.2 Å². The molecule has 3 aliphatic carbocycles. The number of nitrogens with one attached hydrogen (secondary N) is 3. The number of rotatable bonds is 8. The first-order chi connectivity index (χ1) is 17.0. The topological polar surface area (TPSA) is 115 Å². The van der Waals surface area contributed by atoms with Crippen molar-refractivity contribution in [3.05, 3.63) is 30.3 Å². The van der Waals surface area contributed by atoms with Gasteiger partial charge in [-0.25, -0.2) is 4.79 Å². The molecule has 4 fully saturated rings. The van der Waals surface area contributed by atoms with Crippen molar-refractivity contribution in [3.8, 4) is 0 Å². The van der Waals surface area contributed by atoms with Gasteiger partial charge in [0.2, 0.25) is 5.91 Å². The van der Waals surface area contributed by atoms with Gasteiger partial charge in [0.1, 0.15) is 6.04 Å². The van der Waals surface area contributed by atoms with Crippen LogP contribution in [-0.4, -0.2) is 54.2 Å². The van der Waals surface area contributed by atoms with E-state index in [4.69, 9.17) is 15.0 Å². The number of halogens is 1. The molecule has 1 saturated heterocycles. The number of amides is 3. The van der Waals surface area contributed by atoms with E-state index in [0.717, 1.165) is 6.42 Å². The summed E-state index contributed by atoms with van der Waals surface area (Å²) in [6.45, 7) is 11.1. The van der Waals surface area contributed by atoms with E-state index >= 15 is 0 Å². The van der Waals surface area contributed by atoms with Crippen molar-refractivity contribution in [2.45, 2.75) is 77.6 Å². The fourth-order valence-electron chi connectivity index (χ4n) is 6.10. The van der Waals surface area contributed by atoms with Crippen LogP contribution in [0.3, 0.4) is 0 Å². The Morgan fingerprint density at radius 1 is 1.17 bits per heavy atom. The Balaban J connectivity index is 0.00000176. The van der Waals surface area contributed by atoms with Gasteiger partial charge < -0.3 is 31.0 Å². The summed E-state index contributed by atoms with van der Waals surface area (Å²) in [5.41, 5.74) is 6.70. The second kappa shape index (κ2) is 12.0. The van der Waals surface area contributed by atoms with Crippen LogP contribution in [0.5, 0.6) is 0 Å². The molecule has 1 heterocycles. The van der Waals surface area contributed by atoms with Gasteiger partial charge >= 0.3 is 13.1 Å². The molecule has 0 spiro atoms. The Kier molecular flexibility index (Phi) is 9.73. The monoisotopic (exact) mass is 612 g/mol. The number of anilines is 1. The van der Waals surface area contributed by atoms with Gasteiger partial charge in [-0.3, -0.25) is 4.79 Å². The lowest BCUT2D eigenvalue weighted by Gasteiger charge is -2.64. The summed E-state index contributed by atoms with van der Waals surface area (Å²) >= 11 is 2.15. The van der Waals surface area contributed by atoms with Crippen LogP contribution in [0.2, 0.25) is 0 Å².